The first-order valence-electron chi connectivity index (χ1n) is 14.1. The third-order valence-electron chi connectivity index (χ3n) is 7.63. The first-order valence-corrected chi connectivity index (χ1v) is 14.1. The van der Waals surface area contributed by atoms with Gasteiger partial charge in [0.2, 0.25) is 5.91 Å². The molecule has 4 aromatic rings. The molecule has 0 bridgehead atoms. The summed E-state index contributed by atoms with van der Waals surface area (Å²) in [5.41, 5.74) is 8.78. The molecule has 3 N–H and O–H groups in total. The van der Waals surface area contributed by atoms with Crippen LogP contribution < -0.4 is 15.8 Å². The van der Waals surface area contributed by atoms with Crippen LogP contribution in [0.4, 0.5) is 5.82 Å². The van der Waals surface area contributed by atoms with Crippen LogP contribution in [0.5, 0.6) is 11.5 Å². The zero-order valence-corrected chi connectivity index (χ0v) is 23.7. The SMILES string of the molecule is CC(C)C[C@@H](C(=O)N[C@H]1CC[C@@H](n2nc(-c3ccc(Oc4ccccc4)cc3)c3c(N)ncnc32)CC1)N(C)C. The van der Waals surface area contributed by atoms with Crippen LogP contribution in [0.1, 0.15) is 52.0 Å². The minimum Gasteiger partial charge on any atom is -0.457 e. The minimum absolute atomic E-state index is 0.112. The lowest BCUT2D eigenvalue weighted by Gasteiger charge is -2.32. The van der Waals surface area contributed by atoms with Gasteiger partial charge in [-0.05, 0) is 88.5 Å². The Morgan fingerprint density at radius 1 is 1.02 bits per heavy atom. The summed E-state index contributed by atoms with van der Waals surface area (Å²) in [7, 11) is 3.95. The van der Waals surface area contributed by atoms with Crippen molar-refractivity contribution < 1.29 is 9.53 Å². The lowest BCUT2D eigenvalue weighted by atomic mass is 9.90. The lowest BCUT2D eigenvalue weighted by Crippen LogP contribution is -2.48. The summed E-state index contributed by atoms with van der Waals surface area (Å²) in [6, 6.07) is 17.8. The molecule has 0 aliphatic heterocycles. The standard InChI is InChI=1S/C31H39N7O2/c1-20(2)18-26(37(3)4)31(39)35-22-12-14-23(15-13-22)38-30-27(29(32)33-19-34-30)28(36-38)21-10-16-25(17-11-21)40-24-8-6-5-7-9-24/h5-11,16-17,19-20,22-23,26H,12-15,18H2,1-4H3,(H,35,39)(H2,32,33,34)/t22-,23+,26-/m0/s1. The van der Waals surface area contributed by atoms with Gasteiger partial charge in [-0.3, -0.25) is 9.69 Å². The lowest BCUT2D eigenvalue weighted by molar-refractivity contribution is -0.127. The van der Waals surface area contributed by atoms with E-state index in [1.165, 1.54) is 6.33 Å². The molecule has 0 spiro atoms. The van der Waals surface area contributed by atoms with Gasteiger partial charge in [0.15, 0.2) is 5.65 Å². The molecule has 2 aromatic heterocycles. The molecule has 1 fully saturated rings. The number of anilines is 1. The molecule has 5 rings (SSSR count). The quantitative estimate of drug-likeness (QED) is 0.290. The average Bonchev–Trinajstić information content (AvgIpc) is 3.34. The monoisotopic (exact) mass is 541 g/mol. The fourth-order valence-electron chi connectivity index (χ4n) is 5.52. The maximum absolute atomic E-state index is 13.0. The molecule has 40 heavy (non-hydrogen) atoms. The molecule has 0 unspecified atom stereocenters. The zero-order valence-electron chi connectivity index (χ0n) is 23.7. The van der Waals surface area contributed by atoms with Crippen LogP contribution in [0.2, 0.25) is 0 Å². The number of nitrogens with one attached hydrogen (secondary N) is 1. The molecule has 1 aliphatic carbocycles. The number of fused-ring (bicyclic) bond motifs is 1. The highest BCUT2D eigenvalue weighted by Gasteiger charge is 2.30. The molecule has 2 heterocycles. The van der Waals surface area contributed by atoms with E-state index in [0.717, 1.165) is 65.9 Å². The number of carbonyl (C=O) groups excluding carboxylic acids is 1. The molecular weight excluding hydrogens is 502 g/mol. The van der Waals surface area contributed by atoms with Gasteiger partial charge in [-0.15, -0.1) is 0 Å². The summed E-state index contributed by atoms with van der Waals surface area (Å²) in [4.78, 5) is 23.9. The Hall–Kier alpha value is -3.98. The Labute approximate surface area is 235 Å². The largest absolute Gasteiger partial charge is 0.457 e. The molecule has 9 nitrogen and oxygen atoms in total. The Morgan fingerprint density at radius 3 is 2.35 bits per heavy atom. The number of aromatic nitrogens is 4. The van der Waals surface area contributed by atoms with Gasteiger partial charge in [0.1, 0.15) is 29.3 Å². The van der Waals surface area contributed by atoms with E-state index in [4.69, 9.17) is 15.6 Å². The number of nitrogen functional groups attached to an aromatic ring is 1. The first kappa shape index (κ1) is 27.6. The van der Waals surface area contributed by atoms with Crippen molar-refractivity contribution >= 4 is 22.8 Å². The summed E-state index contributed by atoms with van der Waals surface area (Å²) in [6.07, 6.45) is 5.91. The summed E-state index contributed by atoms with van der Waals surface area (Å²) in [5, 5.41) is 9.10. The number of likely N-dealkylation sites (N-methyl/N-ethyl adjacent to an activating group) is 1. The van der Waals surface area contributed by atoms with E-state index < -0.39 is 0 Å². The van der Waals surface area contributed by atoms with Crippen molar-refractivity contribution in [3.8, 4) is 22.8 Å². The fraction of sp³-hybridized carbons (Fsp3) is 0.419. The number of benzene rings is 2. The second-order valence-corrected chi connectivity index (χ2v) is 11.3. The van der Waals surface area contributed by atoms with Gasteiger partial charge in [-0.2, -0.15) is 5.10 Å². The van der Waals surface area contributed by atoms with E-state index in [9.17, 15) is 4.79 Å². The summed E-state index contributed by atoms with van der Waals surface area (Å²) < 4.78 is 7.97. The van der Waals surface area contributed by atoms with Gasteiger partial charge in [-0.1, -0.05) is 32.0 Å². The molecule has 0 radical (unpaired) electrons. The number of amides is 1. The Morgan fingerprint density at radius 2 is 1.70 bits per heavy atom. The second-order valence-electron chi connectivity index (χ2n) is 11.3. The van der Waals surface area contributed by atoms with Crippen molar-refractivity contribution in [2.24, 2.45) is 5.92 Å². The van der Waals surface area contributed by atoms with Crippen LogP contribution in [-0.4, -0.2) is 56.7 Å². The van der Waals surface area contributed by atoms with E-state index in [1.54, 1.807) is 0 Å². The molecule has 1 aliphatic rings. The number of hydrogen-bond donors (Lipinski definition) is 2. The summed E-state index contributed by atoms with van der Waals surface area (Å²) >= 11 is 0. The molecule has 2 aromatic carbocycles. The van der Waals surface area contributed by atoms with E-state index in [-0.39, 0.29) is 24.0 Å². The van der Waals surface area contributed by atoms with Gasteiger partial charge in [-0.25, -0.2) is 14.6 Å². The van der Waals surface area contributed by atoms with Gasteiger partial charge >= 0.3 is 0 Å². The van der Waals surface area contributed by atoms with Gasteiger partial charge in [0, 0.05) is 11.6 Å². The summed E-state index contributed by atoms with van der Waals surface area (Å²) in [6.45, 7) is 4.31. The van der Waals surface area contributed by atoms with E-state index in [2.05, 4.69) is 29.1 Å². The van der Waals surface area contributed by atoms with Crippen LogP contribution in [0.3, 0.4) is 0 Å². The van der Waals surface area contributed by atoms with Crippen LogP contribution >= 0.6 is 0 Å². The topological polar surface area (TPSA) is 111 Å². The van der Waals surface area contributed by atoms with Crippen molar-refractivity contribution in [1.82, 2.24) is 30.0 Å². The van der Waals surface area contributed by atoms with Gasteiger partial charge in [0.25, 0.3) is 0 Å². The van der Waals surface area contributed by atoms with Crippen LogP contribution in [0.15, 0.2) is 60.9 Å². The molecule has 210 valence electrons. The number of para-hydroxylation sites is 1. The van der Waals surface area contributed by atoms with Crippen LogP contribution in [-0.2, 0) is 4.79 Å². The molecule has 1 amide bonds. The Kier molecular flexibility index (Phi) is 8.30. The van der Waals surface area contributed by atoms with Crippen molar-refractivity contribution in [1.29, 1.82) is 0 Å². The van der Waals surface area contributed by atoms with E-state index in [1.807, 2.05) is 78.3 Å². The zero-order chi connectivity index (χ0) is 28.2. The molecular formula is C31H39N7O2. The van der Waals surface area contributed by atoms with Crippen molar-refractivity contribution in [3.05, 3.63) is 60.9 Å². The van der Waals surface area contributed by atoms with E-state index in [0.29, 0.717) is 11.7 Å². The highest BCUT2D eigenvalue weighted by molar-refractivity contribution is 5.98. The maximum Gasteiger partial charge on any atom is 0.237 e. The third-order valence-corrected chi connectivity index (χ3v) is 7.63. The predicted octanol–water partition coefficient (Wildman–Crippen LogP) is 5.44. The van der Waals surface area contributed by atoms with Crippen LogP contribution in [0.25, 0.3) is 22.3 Å². The minimum atomic E-state index is -0.112. The molecule has 1 atom stereocenters. The number of ether oxygens (including phenoxy) is 1. The summed E-state index contributed by atoms with van der Waals surface area (Å²) in [5.74, 6) is 2.52. The fourth-order valence-corrected chi connectivity index (χ4v) is 5.52. The van der Waals surface area contributed by atoms with Gasteiger partial charge in [0.05, 0.1) is 17.5 Å². The Bertz CT molecular complexity index is 1430. The Balaban J connectivity index is 1.32. The predicted molar refractivity (Wildman–Crippen MR) is 158 cm³/mol. The number of carbonyl (C=O) groups is 1. The number of hydrogen-bond acceptors (Lipinski definition) is 7. The van der Waals surface area contributed by atoms with Crippen molar-refractivity contribution in [2.45, 2.75) is 64.1 Å². The highest BCUT2D eigenvalue weighted by atomic mass is 16.5. The number of nitrogens with zero attached hydrogens (tertiary/aromatic N) is 5. The molecule has 9 heteroatoms. The normalized spacial score (nSPS) is 18.2. The number of nitrogens with two attached hydrogens (primary N) is 1. The van der Waals surface area contributed by atoms with Crippen LogP contribution in [0, 0.1) is 5.92 Å². The number of rotatable bonds is 9. The van der Waals surface area contributed by atoms with Gasteiger partial charge < -0.3 is 15.8 Å². The van der Waals surface area contributed by atoms with E-state index >= 15 is 0 Å². The second kappa shape index (κ2) is 12.0. The molecule has 1 saturated carbocycles. The average molecular weight is 542 g/mol. The van der Waals surface area contributed by atoms with Crippen molar-refractivity contribution in [2.75, 3.05) is 19.8 Å². The smallest absolute Gasteiger partial charge is 0.237 e. The molecule has 0 saturated heterocycles. The van der Waals surface area contributed by atoms with Crippen molar-refractivity contribution in [3.63, 3.8) is 0 Å². The first-order chi connectivity index (χ1) is 19.3. The highest BCUT2D eigenvalue weighted by Crippen LogP contribution is 2.36. The maximum atomic E-state index is 13.0. The third kappa shape index (κ3) is 6.09.